The smallest absolute Gasteiger partial charge is 0.180 e. The average molecular weight is 495 g/mol. The maximum atomic E-state index is 11.8. The third-order valence-corrected chi connectivity index (χ3v) is 8.13. The molecule has 0 aromatic heterocycles. The van der Waals surface area contributed by atoms with Gasteiger partial charge in [-0.2, -0.15) is 0 Å². The molecule has 35 heavy (non-hydrogen) atoms. The molecule has 1 aliphatic heterocycles. The minimum absolute atomic E-state index is 0.0474. The first-order valence-corrected chi connectivity index (χ1v) is 15.1. The summed E-state index contributed by atoms with van der Waals surface area (Å²) < 4.78 is 1.13. The molecule has 3 nitrogen and oxygen atoms in total. The fourth-order valence-electron chi connectivity index (χ4n) is 4.90. The molecule has 2 aliphatic rings. The van der Waals surface area contributed by atoms with Crippen molar-refractivity contribution in [1.29, 1.82) is 0 Å². The quantitative estimate of drug-likeness (QED) is 0.141. The zero-order valence-electron chi connectivity index (χ0n) is 22.1. The Morgan fingerprint density at radius 1 is 0.743 bits per heavy atom. The van der Waals surface area contributed by atoms with Crippen molar-refractivity contribution in [2.24, 2.45) is 0 Å². The maximum absolute atomic E-state index is 11.8. The SMILES string of the molecule is CCCCCCCCCCCCCCC(CCCC)Nc1ccc2nc3ccc(=O)cc-3sc2c1. The van der Waals surface area contributed by atoms with E-state index in [2.05, 4.69) is 37.4 Å². The average Bonchev–Trinajstić information content (AvgIpc) is 2.86. The molecule has 0 saturated carbocycles. The van der Waals surface area contributed by atoms with E-state index < -0.39 is 0 Å². The summed E-state index contributed by atoms with van der Waals surface area (Å²) in [5.41, 5.74) is 3.12. The van der Waals surface area contributed by atoms with E-state index in [0.717, 1.165) is 20.8 Å². The Balaban J connectivity index is 1.42. The van der Waals surface area contributed by atoms with Crippen LogP contribution < -0.4 is 10.7 Å². The van der Waals surface area contributed by atoms with Crippen LogP contribution in [0.5, 0.6) is 0 Å². The van der Waals surface area contributed by atoms with Gasteiger partial charge in [-0.15, -0.1) is 11.3 Å². The zero-order valence-corrected chi connectivity index (χ0v) is 22.9. The van der Waals surface area contributed by atoms with Gasteiger partial charge in [-0.1, -0.05) is 104 Å². The number of hydrogen-bond acceptors (Lipinski definition) is 4. The number of unbranched alkanes of at least 4 members (excludes halogenated alkanes) is 12. The van der Waals surface area contributed by atoms with E-state index in [1.165, 1.54) is 108 Å². The van der Waals surface area contributed by atoms with Crippen LogP contribution in [0.25, 0.3) is 20.8 Å². The van der Waals surface area contributed by atoms with Gasteiger partial charge in [0.15, 0.2) is 5.43 Å². The van der Waals surface area contributed by atoms with Crippen LogP contribution in [0.15, 0.2) is 41.2 Å². The maximum Gasteiger partial charge on any atom is 0.180 e. The third kappa shape index (κ3) is 9.91. The van der Waals surface area contributed by atoms with Crippen molar-refractivity contribution in [2.45, 2.75) is 123 Å². The fourth-order valence-corrected chi connectivity index (χ4v) is 5.94. The van der Waals surface area contributed by atoms with Gasteiger partial charge in [0, 0.05) is 17.8 Å². The first-order chi connectivity index (χ1) is 17.2. The second-order valence-electron chi connectivity index (χ2n) is 10.2. The summed E-state index contributed by atoms with van der Waals surface area (Å²) in [6.07, 6.45) is 21.8. The molecule has 1 unspecified atom stereocenters. The summed E-state index contributed by atoms with van der Waals surface area (Å²) in [7, 11) is 0. The van der Waals surface area contributed by atoms with E-state index in [1.54, 1.807) is 23.5 Å². The van der Waals surface area contributed by atoms with Crippen LogP contribution in [-0.2, 0) is 0 Å². The molecule has 0 fully saturated rings. The Morgan fingerprint density at radius 3 is 2.06 bits per heavy atom. The van der Waals surface area contributed by atoms with Gasteiger partial charge < -0.3 is 5.32 Å². The summed E-state index contributed by atoms with van der Waals surface area (Å²) in [6, 6.07) is 12.1. The molecule has 1 atom stereocenters. The lowest BCUT2D eigenvalue weighted by Gasteiger charge is -2.20. The molecule has 1 heterocycles. The van der Waals surface area contributed by atoms with Crippen LogP contribution in [0, 0.1) is 0 Å². The minimum atomic E-state index is 0.0474. The highest BCUT2D eigenvalue weighted by molar-refractivity contribution is 7.21. The lowest BCUT2D eigenvalue weighted by Crippen LogP contribution is -2.19. The Bertz CT molecular complexity index is 1010. The van der Waals surface area contributed by atoms with Gasteiger partial charge in [0.2, 0.25) is 0 Å². The Morgan fingerprint density at radius 2 is 1.37 bits per heavy atom. The number of nitrogens with one attached hydrogen (secondary N) is 1. The minimum Gasteiger partial charge on any atom is -0.382 e. The van der Waals surface area contributed by atoms with E-state index in [9.17, 15) is 4.79 Å². The van der Waals surface area contributed by atoms with Crippen molar-refractivity contribution in [3.8, 4) is 10.6 Å². The number of nitrogens with zero attached hydrogens (tertiary/aromatic N) is 1. The summed E-state index contributed by atoms with van der Waals surface area (Å²) in [4.78, 5) is 17.5. The number of aromatic nitrogens is 1. The van der Waals surface area contributed by atoms with Crippen molar-refractivity contribution in [3.05, 3.63) is 46.6 Å². The van der Waals surface area contributed by atoms with Crippen molar-refractivity contribution < 1.29 is 0 Å². The number of benzene rings is 2. The van der Waals surface area contributed by atoms with Gasteiger partial charge in [-0.05, 0) is 43.2 Å². The molecule has 0 amide bonds. The standard InChI is InChI=1S/C31H46N2OS/c1-3-5-7-8-9-10-11-12-13-14-15-16-18-25(17-6-4-2)32-26-19-21-28-30(23-26)35-31-24-27(34)20-22-29(31)33-28/h19-25,32H,3-18H2,1-2H3. The summed E-state index contributed by atoms with van der Waals surface area (Å²) in [6.45, 7) is 4.57. The van der Waals surface area contributed by atoms with Crippen LogP contribution in [0.4, 0.5) is 5.69 Å². The third-order valence-electron chi connectivity index (χ3n) is 7.03. The first-order valence-electron chi connectivity index (χ1n) is 14.3. The van der Waals surface area contributed by atoms with Gasteiger partial charge in [0.05, 0.1) is 20.8 Å². The van der Waals surface area contributed by atoms with Gasteiger partial charge in [0.1, 0.15) is 0 Å². The van der Waals surface area contributed by atoms with Gasteiger partial charge in [0.25, 0.3) is 0 Å². The predicted molar refractivity (Wildman–Crippen MR) is 155 cm³/mol. The molecule has 3 rings (SSSR count). The Hall–Kier alpha value is -1.94. The normalized spacial score (nSPS) is 12.4. The van der Waals surface area contributed by atoms with E-state index in [-0.39, 0.29) is 5.43 Å². The molecule has 1 aromatic carbocycles. The predicted octanol–water partition coefficient (Wildman–Crippen LogP) is 9.82. The highest BCUT2D eigenvalue weighted by atomic mass is 32.1. The molecule has 0 saturated heterocycles. The van der Waals surface area contributed by atoms with Crippen LogP contribution >= 0.6 is 11.3 Å². The molecule has 0 spiro atoms. The van der Waals surface area contributed by atoms with Crippen LogP contribution in [0.3, 0.4) is 0 Å². The highest BCUT2D eigenvalue weighted by Gasteiger charge is 2.11. The lowest BCUT2D eigenvalue weighted by atomic mass is 10.0. The summed E-state index contributed by atoms with van der Waals surface area (Å²) >= 11 is 1.66. The van der Waals surface area contributed by atoms with E-state index >= 15 is 0 Å². The van der Waals surface area contributed by atoms with Crippen LogP contribution in [0.2, 0.25) is 0 Å². The molecule has 1 aromatic rings. The van der Waals surface area contributed by atoms with E-state index in [1.807, 2.05) is 6.07 Å². The number of anilines is 1. The van der Waals surface area contributed by atoms with Gasteiger partial charge in [-0.3, -0.25) is 4.79 Å². The Labute approximate surface area is 217 Å². The van der Waals surface area contributed by atoms with Crippen LogP contribution in [0.1, 0.15) is 117 Å². The molecule has 1 aliphatic carbocycles. The summed E-state index contributed by atoms with van der Waals surface area (Å²) in [5, 5.41) is 3.82. The monoisotopic (exact) mass is 494 g/mol. The van der Waals surface area contributed by atoms with Crippen LogP contribution in [-0.4, -0.2) is 11.0 Å². The molecular formula is C31H46N2OS. The zero-order chi connectivity index (χ0) is 24.7. The molecule has 1 N–H and O–H groups in total. The van der Waals surface area contributed by atoms with E-state index in [0.29, 0.717) is 6.04 Å². The lowest BCUT2D eigenvalue weighted by molar-refractivity contribution is 0.509. The summed E-state index contributed by atoms with van der Waals surface area (Å²) in [5.74, 6) is 0. The molecule has 0 radical (unpaired) electrons. The van der Waals surface area contributed by atoms with Crippen molar-refractivity contribution in [2.75, 3.05) is 5.32 Å². The second-order valence-corrected chi connectivity index (χ2v) is 11.3. The Kier molecular flexibility index (Phi) is 12.6. The van der Waals surface area contributed by atoms with Crippen molar-refractivity contribution in [1.82, 2.24) is 4.98 Å². The van der Waals surface area contributed by atoms with Crippen molar-refractivity contribution >= 4 is 27.2 Å². The molecule has 0 bridgehead atoms. The number of fused-ring (bicyclic) bond motifs is 2. The van der Waals surface area contributed by atoms with Gasteiger partial charge >= 0.3 is 0 Å². The number of hydrogen-bond donors (Lipinski definition) is 1. The van der Waals surface area contributed by atoms with E-state index in [4.69, 9.17) is 4.98 Å². The topological polar surface area (TPSA) is 42.0 Å². The van der Waals surface area contributed by atoms with Gasteiger partial charge in [-0.25, -0.2) is 4.98 Å². The highest BCUT2D eigenvalue weighted by Crippen LogP contribution is 2.31. The second kappa shape index (κ2) is 15.9. The fraction of sp³-hybridized carbons (Fsp3) is 0.613. The van der Waals surface area contributed by atoms with Crippen molar-refractivity contribution in [3.63, 3.8) is 0 Å². The number of rotatable bonds is 18. The molecule has 192 valence electrons. The molecular weight excluding hydrogens is 448 g/mol. The largest absolute Gasteiger partial charge is 0.382 e. The molecule has 4 heteroatoms. The first kappa shape index (κ1) is 27.6.